The number of methoxy groups -OCH3 is 1. The predicted octanol–water partition coefficient (Wildman–Crippen LogP) is 3.80. The first-order chi connectivity index (χ1) is 18.1. The van der Waals surface area contributed by atoms with Gasteiger partial charge in [-0.2, -0.15) is 0 Å². The Balaban J connectivity index is 1.79. The van der Waals surface area contributed by atoms with Crippen LogP contribution < -0.4 is 4.74 Å². The molecule has 1 saturated heterocycles. The van der Waals surface area contributed by atoms with Crippen LogP contribution in [0.5, 0.6) is 11.5 Å². The largest absolute Gasteiger partial charge is 0.507 e. The van der Waals surface area contributed by atoms with Gasteiger partial charge in [-0.3, -0.25) is 9.59 Å². The number of Topliss-reactive ketones (excluding diaryl/α,β-unsaturated/α-hetero) is 1. The van der Waals surface area contributed by atoms with Crippen molar-refractivity contribution >= 4 is 27.5 Å². The molecule has 3 aromatic rings. The SMILES string of the molecule is COCCN1C(=O)C(=O)/C(=C(/O)c2ccc(S(=O)(=O)N(C)C)cc2)[C@@H]1c1cccc(Oc2ccccc2)c1. The lowest BCUT2D eigenvalue weighted by Crippen LogP contribution is -2.32. The van der Waals surface area contributed by atoms with E-state index >= 15 is 0 Å². The molecule has 4 rings (SSSR count). The molecule has 9 nitrogen and oxygen atoms in total. The van der Waals surface area contributed by atoms with E-state index in [1.165, 1.54) is 50.4 Å². The fraction of sp³-hybridized carbons (Fsp3) is 0.214. The van der Waals surface area contributed by atoms with Crippen molar-refractivity contribution in [3.63, 3.8) is 0 Å². The normalized spacial score (nSPS) is 17.3. The van der Waals surface area contributed by atoms with Gasteiger partial charge in [0, 0.05) is 33.3 Å². The Morgan fingerprint density at radius 1 is 0.947 bits per heavy atom. The molecule has 3 aromatic carbocycles. The Morgan fingerprint density at radius 3 is 2.24 bits per heavy atom. The second kappa shape index (κ2) is 11.2. The molecular weight excluding hydrogens is 508 g/mol. The number of aliphatic hydroxyl groups excluding tert-OH is 1. The summed E-state index contributed by atoms with van der Waals surface area (Å²) >= 11 is 0. The zero-order valence-electron chi connectivity index (χ0n) is 21.2. The van der Waals surface area contributed by atoms with Gasteiger partial charge < -0.3 is 19.5 Å². The zero-order chi connectivity index (χ0) is 27.4. The molecule has 0 aliphatic carbocycles. The molecule has 1 aliphatic heterocycles. The standard InChI is InChI=1S/C28H28N2O7S/c1-29(2)38(34,35)23-14-12-19(13-15-23)26(31)24-25(30(16-17-36-3)28(33)27(24)32)20-8-7-11-22(18-20)37-21-9-5-4-6-10-21/h4-15,18,25,31H,16-17H2,1-3H3/b26-24+/t25-/m0/s1. The summed E-state index contributed by atoms with van der Waals surface area (Å²) in [6.07, 6.45) is 0. The van der Waals surface area contributed by atoms with E-state index in [9.17, 15) is 23.1 Å². The van der Waals surface area contributed by atoms with Crippen molar-refractivity contribution in [2.75, 3.05) is 34.4 Å². The maximum atomic E-state index is 13.2. The third-order valence-electron chi connectivity index (χ3n) is 6.14. The Bertz CT molecular complexity index is 1470. The van der Waals surface area contributed by atoms with Gasteiger partial charge in [0.05, 0.1) is 23.1 Å². The van der Waals surface area contributed by atoms with Crippen molar-refractivity contribution in [3.8, 4) is 11.5 Å². The highest BCUT2D eigenvalue weighted by molar-refractivity contribution is 7.89. The van der Waals surface area contributed by atoms with Crippen LogP contribution in [0.25, 0.3) is 5.76 Å². The van der Waals surface area contributed by atoms with Crippen LogP contribution in [0.2, 0.25) is 0 Å². The quantitative estimate of drug-likeness (QED) is 0.251. The zero-order valence-corrected chi connectivity index (χ0v) is 22.0. The average Bonchev–Trinajstić information content (AvgIpc) is 3.17. The van der Waals surface area contributed by atoms with Gasteiger partial charge >= 0.3 is 0 Å². The van der Waals surface area contributed by atoms with Crippen LogP contribution in [0.15, 0.2) is 89.3 Å². The van der Waals surface area contributed by atoms with Gasteiger partial charge in [-0.25, -0.2) is 12.7 Å². The van der Waals surface area contributed by atoms with Gasteiger partial charge in [-0.05, 0) is 54.1 Å². The molecule has 1 fully saturated rings. The van der Waals surface area contributed by atoms with Crippen molar-refractivity contribution in [1.82, 2.24) is 9.21 Å². The molecule has 0 aromatic heterocycles. The van der Waals surface area contributed by atoms with Gasteiger partial charge in [-0.15, -0.1) is 0 Å². The maximum Gasteiger partial charge on any atom is 0.295 e. The van der Waals surface area contributed by atoms with Crippen molar-refractivity contribution in [3.05, 3.63) is 95.6 Å². The number of sulfonamides is 1. The third-order valence-corrected chi connectivity index (χ3v) is 7.96. The van der Waals surface area contributed by atoms with E-state index in [-0.39, 0.29) is 29.2 Å². The van der Waals surface area contributed by atoms with Crippen molar-refractivity contribution < 1.29 is 32.6 Å². The number of likely N-dealkylation sites (tertiary alicyclic amines) is 1. The number of nitrogens with zero attached hydrogens (tertiary/aromatic N) is 2. The van der Waals surface area contributed by atoms with Crippen LogP contribution in [0.4, 0.5) is 0 Å². The van der Waals surface area contributed by atoms with E-state index in [0.717, 1.165) is 4.31 Å². The number of rotatable bonds is 9. The summed E-state index contributed by atoms with van der Waals surface area (Å²) in [5.74, 6) is -0.913. The second-order valence-electron chi connectivity index (χ2n) is 8.78. The molecule has 0 bridgehead atoms. The highest BCUT2D eigenvalue weighted by Crippen LogP contribution is 2.40. The molecule has 1 aliphatic rings. The molecular formula is C28H28N2O7S. The molecule has 0 radical (unpaired) electrons. The number of para-hydroxylation sites is 1. The number of hydrogen-bond acceptors (Lipinski definition) is 7. The highest BCUT2D eigenvalue weighted by Gasteiger charge is 2.46. The summed E-state index contributed by atoms with van der Waals surface area (Å²) in [5.41, 5.74) is 0.655. The molecule has 1 amide bonds. The number of carbonyl (C=O) groups excluding carboxylic acids is 2. The Hall–Kier alpha value is -3.99. The van der Waals surface area contributed by atoms with Crippen LogP contribution >= 0.6 is 0 Å². The maximum absolute atomic E-state index is 13.2. The van der Waals surface area contributed by atoms with E-state index in [4.69, 9.17) is 9.47 Å². The van der Waals surface area contributed by atoms with Crippen LogP contribution in [-0.4, -0.2) is 68.8 Å². The van der Waals surface area contributed by atoms with Crippen LogP contribution in [0, 0.1) is 0 Å². The average molecular weight is 537 g/mol. The number of amides is 1. The van der Waals surface area contributed by atoms with E-state index in [1.54, 1.807) is 36.4 Å². The van der Waals surface area contributed by atoms with Gasteiger partial charge in [0.1, 0.15) is 17.3 Å². The minimum absolute atomic E-state index is 0.0295. The number of hydrogen-bond donors (Lipinski definition) is 1. The number of ketones is 1. The molecule has 1 heterocycles. The smallest absolute Gasteiger partial charge is 0.295 e. The minimum atomic E-state index is -3.68. The first-order valence-corrected chi connectivity index (χ1v) is 13.2. The second-order valence-corrected chi connectivity index (χ2v) is 10.9. The summed E-state index contributed by atoms with van der Waals surface area (Å²) in [5, 5.41) is 11.2. The Labute approximate surface area is 221 Å². The van der Waals surface area contributed by atoms with Crippen molar-refractivity contribution in [1.29, 1.82) is 0 Å². The first-order valence-electron chi connectivity index (χ1n) is 11.8. The number of carbonyl (C=O) groups is 2. The van der Waals surface area contributed by atoms with Crippen molar-refractivity contribution in [2.45, 2.75) is 10.9 Å². The monoisotopic (exact) mass is 536 g/mol. The van der Waals surface area contributed by atoms with Crippen LogP contribution in [0.1, 0.15) is 17.2 Å². The number of aliphatic hydroxyl groups is 1. The molecule has 1 N–H and O–H groups in total. The third kappa shape index (κ3) is 5.33. The summed E-state index contributed by atoms with van der Waals surface area (Å²) in [6.45, 7) is 0.299. The Kier molecular flexibility index (Phi) is 7.96. The van der Waals surface area contributed by atoms with E-state index < -0.39 is 33.5 Å². The minimum Gasteiger partial charge on any atom is -0.507 e. The van der Waals surface area contributed by atoms with Gasteiger partial charge in [0.25, 0.3) is 11.7 Å². The molecule has 1 atom stereocenters. The van der Waals surface area contributed by atoms with Gasteiger partial charge in [0.2, 0.25) is 10.0 Å². The molecule has 0 saturated carbocycles. The molecule has 198 valence electrons. The molecule has 0 spiro atoms. The van der Waals surface area contributed by atoms with E-state index in [0.29, 0.717) is 17.1 Å². The fourth-order valence-corrected chi connectivity index (χ4v) is 5.07. The molecule has 0 unspecified atom stereocenters. The molecule has 38 heavy (non-hydrogen) atoms. The topological polar surface area (TPSA) is 113 Å². The van der Waals surface area contributed by atoms with Crippen molar-refractivity contribution in [2.24, 2.45) is 0 Å². The first kappa shape index (κ1) is 27.1. The number of ether oxygens (including phenoxy) is 2. The van der Waals surface area contributed by atoms with E-state index in [2.05, 4.69) is 0 Å². The van der Waals surface area contributed by atoms with E-state index in [1.807, 2.05) is 18.2 Å². The molecule has 10 heteroatoms. The lowest BCUT2D eigenvalue weighted by Gasteiger charge is -2.25. The number of benzene rings is 3. The van der Waals surface area contributed by atoms with Crippen LogP contribution in [0.3, 0.4) is 0 Å². The predicted molar refractivity (Wildman–Crippen MR) is 141 cm³/mol. The summed E-state index contributed by atoms with van der Waals surface area (Å²) in [7, 11) is 0.641. The van der Waals surface area contributed by atoms with Gasteiger partial charge in [0.15, 0.2) is 0 Å². The Morgan fingerprint density at radius 2 is 1.61 bits per heavy atom. The summed E-state index contributed by atoms with van der Waals surface area (Å²) < 4.78 is 37.0. The summed E-state index contributed by atoms with van der Waals surface area (Å²) in [4.78, 5) is 27.6. The lowest BCUT2D eigenvalue weighted by atomic mass is 9.95. The van der Waals surface area contributed by atoms with Gasteiger partial charge in [-0.1, -0.05) is 30.3 Å². The lowest BCUT2D eigenvalue weighted by molar-refractivity contribution is -0.140. The fourth-order valence-electron chi connectivity index (χ4n) is 4.17. The van der Waals surface area contributed by atoms with Crippen LogP contribution in [-0.2, 0) is 24.3 Å². The highest BCUT2D eigenvalue weighted by atomic mass is 32.2. The summed E-state index contributed by atoms with van der Waals surface area (Å²) in [6, 6.07) is 20.7.